The molecule has 3 aliphatic carbocycles. The molecule has 3 aliphatic rings. The average molecular weight is 628 g/mol. The SMILES string of the molecule is CN(C)[C@@H]1C(=O)C(C(N)=O)C(=O)[C@@]2(O)C(O)c3c(c(O)c4ccc(CNCC(C)(C)C)c(O)c4c3O)[C@H](OC(=O)C3CCC3)[C@@H]12. The fraction of sp³-hybridized carbons (Fsp3) is 0.562. The molecule has 8 N–H and O–H groups in total. The number of fused-ring (bicyclic) bond motifs is 3. The molecule has 0 aliphatic heterocycles. The zero-order chi connectivity index (χ0) is 33.3. The van der Waals surface area contributed by atoms with Gasteiger partial charge in [-0.2, -0.15) is 0 Å². The van der Waals surface area contributed by atoms with E-state index in [9.17, 15) is 44.7 Å². The van der Waals surface area contributed by atoms with E-state index in [1.54, 1.807) is 0 Å². The van der Waals surface area contributed by atoms with Crippen LogP contribution in [0.3, 0.4) is 0 Å². The molecule has 0 aromatic heterocycles. The third-order valence-electron chi connectivity index (χ3n) is 9.43. The maximum Gasteiger partial charge on any atom is 0.309 e. The van der Waals surface area contributed by atoms with Crippen molar-refractivity contribution in [3.05, 3.63) is 28.8 Å². The average Bonchev–Trinajstić information content (AvgIpc) is 2.89. The third kappa shape index (κ3) is 5.02. The number of aliphatic hydroxyl groups is 2. The number of phenols is 3. The van der Waals surface area contributed by atoms with Crippen LogP contribution in [-0.2, 0) is 30.5 Å². The lowest BCUT2D eigenvalue weighted by molar-refractivity contribution is -0.211. The highest BCUT2D eigenvalue weighted by Crippen LogP contribution is 2.61. The highest BCUT2D eigenvalue weighted by molar-refractivity contribution is 6.24. The molecular formula is C32H41N3O10. The Morgan fingerprint density at radius 3 is 2.24 bits per heavy atom. The van der Waals surface area contributed by atoms with Crippen molar-refractivity contribution in [1.29, 1.82) is 0 Å². The van der Waals surface area contributed by atoms with Gasteiger partial charge in [-0.3, -0.25) is 24.1 Å². The van der Waals surface area contributed by atoms with E-state index in [0.717, 1.165) is 6.42 Å². The third-order valence-corrected chi connectivity index (χ3v) is 9.43. The summed E-state index contributed by atoms with van der Waals surface area (Å²) in [5.74, 6) is -10.6. The highest BCUT2D eigenvalue weighted by Gasteiger charge is 2.70. The second-order valence-electron chi connectivity index (χ2n) is 13.9. The summed E-state index contributed by atoms with van der Waals surface area (Å²) in [7, 11) is 2.88. The number of primary amides is 1. The van der Waals surface area contributed by atoms with Crippen LogP contribution in [-0.4, -0.2) is 86.2 Å². The minimum atomic E-state index is -2.99. The van der Waals surface area contributed by atoms with Gasteiger partial charge in [0, 0.05) is 35.2 Å². The first-order chi connectivity index (χ1) is 20.9. The molecule has 0 radical (unpaired) electrons. The number of phenolic OH excluding ortho intramolecular Hbond substituents is 3. The molecule has 13 nitrogen and oxygen atoms in total. The Hall–Kier alpha value is -3.78. The van der Waals surface area contributed by atoms with Crippen LogP contribution in [0.5, 0.6) is 17.2 Å². The molecule has 2 aromatic carbocycles. The van der Waals surface area contributed by atoms with Crippen molar-refractivity contribution in [3.8, 4) is 17.2 Å². The van der Waals surface area contributed by atoms with E-state index in [-0.39, 0.29) is 28.3 Å². The van der Waals surface area contributed by atoms with Gasteiger partial charge in [0.05, 0.1) is 23.3 Å². The summed E-state index contributed by atoms with van der Waals surface area (Å²) >= 11 is 0. The summed E-state index contributed by atoms with van der Waals surface area (Å²) in [5.41, 5.74) is 1.82. The molecule has 0 heterocycles. The summed E-state index contributed by atoms with van der Waals surface area (Å²) in [6.45, 7) is 6.83. The smallest absolute Gasteiger partial charge is 0.309 e. The summed E-state index contributed by atoms with van der Waals surface area (Å²) in [6.07, 6.45) is -2.26. The predicted molar refractivity (Wildman–Crippen MR) is 160 cm³/mol. The van der Waals surface area contributed by atoms with Crippen molar-refractivity contribution in [3.63, 3.8) is 0 Å². The summed E-state index contributed by atoms with van der Waals surface area (Å²) in [5, 5.41) is 61.5. The molecule has 13 heteroatoms. The normalized spacial score (nSPS) is 28.5. The van der Waals surface area contributed by atoms with Gasteiger partial charge in [0.1, 0.15) is 29.5 Å². The Morgan fingerprint density at radius 2 is 1.71 bits per heavy atom. The number of likely N-dealkylation sites (N-methyl/N-ethyl adjacent to an activating group) is 1. The van der Waals surface area contributed by atoms with Crippen molar-refractivity contribution in [2.45, 2.75) is 70.4 Å². The first kappa shape index (κ1) is 32.6. The van der Waals surface area contributed by atoms with Crippen LogP contribution in [0, 0.1) is 23.2 Å². The summed E-state index contributed by atoms with van der Waals surface area (Å²) in [6, 6.07) is 1.49. The number of ether oxygens (including phenoxy) is 1. The van der Waals surface area contributed by atoms with Gasteiger partial charge < -0.3 is 41.3 Å². The molecule has 0 bridgehead atoms. The standard InChI is InChI=1S/C32H41N3O10/c1-31(2,3)12-34-11-14-9-10-15-16(22(14)36)24(38)18-17(23(15)37)26(45-30(43)13-7-6-8-13)20-21(35(4)5)25(39)19(29(33)42)28(41)32(20,44)27(18)40/h9-10,13,19-21,26-27,34,36-38,40,44H,6-8,11-12H2,1-5H3,(H2,33,42)/t19?,20-,21+,26+,27?,32+/m1/s1. The molecule has 6 atom stereocenters. The number of aromatic hydroxyl groups is 3. The number of rotatable bonds is 7. The molecule has 5 rings (SSSR count). The van der Waals surface area contributed by atoms with Crippen molar-refractivity contribution in [1.82, 2.24) is 10.2 Å². The number of esters is 1. The van der Waals surface area contributed by atoms with Crippen LogP contribution in [0.25, 0.3) is 10.8 Å². The number of amides is 1. The lowest BCUT2D eigenvalue weighted by Gasteiger charge is -2.54. The van der Waals surface area contributed by atoms with Crippen molar-refractivity contribution in [2.24, 2.45) is 28.9 Å². The van der Waals surface area contributed by atoms with E-state index in [2.05, 4.69) is 5.32 Å². The molecule has 1 amide bonds. The Labute approximate surface area is 260 Å². The van der Waals surface area contributed by atoms with Crippen molar-refractivity contribution >= 4 is 34.2 Å². The number of hydrogen-bond acceptors (Lipinski definition) is 12. The number of ketones is 2. The number of carbonyl (C=O) groups excluding carboxylic acids is 4. The van der Waals surface area contributed by atoms with E-state index in [0.29, 0.717) is 24.9 Å². The minimum absolute atomic E-state index is 0.0597. The zero-order valence-corrected chi connectivity index (χ0v) is 26.0. The Bertz CT molecular complexity index is 1590. The minimum Gasteiger partial charge on any atom is -0.507 e. The molecule has 2 unspecified atom stereocenters. The number of nitrogens with one attached hydrogen (secondary N) is 1. The van der Waals surface area contributed by atoms with Crippen LogP contribution in [0.2, 0.25) is 0 Å². The number of nitrogens with zero attached hydrogens (tertiary/aromatic N) is 1. The Kier molecular flexibility index (Phi) is 8.14. The van der Waals surface area contributed by atoms with Gasteiger partial charge in [-0.15, -0.1) is 0 Å². The number of carbonyl (C=O) groups is 4. The van der Waals surface area contributed by atoms with Crippen molar-refractivity contribution < 1.29 is 49.4 Å². The Balaban J connectivity index is 1.77. The first-order valence-electron chi connectivity index (χ1n) is 15.0. The van der Waals surface area contributed by atoms with Crippen LogP contribution in [0.15, 0.2) is 12.1 Å². The fourth-order valence-corrected chi connectivity index (χ4v) is 6.95. The maximum absolute atomic E-state index is 13.8. The topological polar surface area (TPSA) is 220 Å². The molecule has 45 heavy (non-hydrogen) atoms. The van der Waals surface area contributed by atoms with E-state index in [1.807, 2.05) is 20.8 Å². The van der Waals surface area contributed by atoms with Gasteiger partial charge in [-0.1, -0.05) is 33.3 Å². The van der Waals surface area contributed by atoms with Crippen molar-refractivity contribution in [2.75, 3.05) is 20.6 Å². The largest absolute Gasteiger partial charge is 0.507 e. The van der Waals surface area contributed by atoms with E-state index in [1.165, 1.54) is 31.1 Å². The lowest BCUT2D eigenvalue weighted by Crippen LogP contribution is -2.71. The summed E-state index contributed by atoms with van der Waals surface area (Å²) in [4.78, 5) is 54.4. The van der Waals surface area contributed by atoms with E-state index in [4.69, 9.17) is 10.5 Å². The maximum atomic E-state index is 13.8. The van der Waals surface area contributed by atoms with Gasteiger partial charge >= 0.3 is 5.97 Å². The summed E-state index contributed by atoms with van der Waals surface area (Å²) < 4.78 is 5.90. The van der Waals surface area contributed by atoms with Gasteiger partial charge in [0.15, 0.2) is 23.1 Å². The predicted octanol–water partition coefficient (Wildman–Crippen LogP) is 1.05. The van der Waals surface area contributed by atoms with Gasteiger partial charge in [-0.05, 0) is 38.4 Å². The number of Topliss-reactive ketones (excluding diaryl/α,β-unsaturated/α-hetero) is 2. The first-order valence-corrected chi connectivity index (χ1v) is 15.0. The quantitative estimate of drug-likeness (QED) is 0.130. The molecule has 2 saturated carbocycles. The molecule has 0 spiro atoms. The van der Waals surface area contributed by atoms with Gasteiger partial charge in [0.25, 0.3) is 0 Å². The molecule has 2 aromatic rings. The number of benzene rings is 2. The monoisotopic (exact) mass is 627 g/mol. The number of nitrogens with two attached hydrogens (primary N) is 1. The van der Waals surface area contributed by atoms with Crippen LogP contribution in [0.4, 0.5) is 0 Å². The van der Waals surface area contributed by atoms with Crippen LogP contribution < -0.4 is 11.1 Å². The lowest BCUT2D eigenvalue weighted by atomic mass is 9.56. The Morgan fingerprint density at radius 1 is 1.07 bits per heavy atom. The zero-order valence-electron chi connectivity index (χ0n) is 26.0. The van der Waals surface area contributed by atoms with Gasteiger partial charge in [-0.25, -0.2) is 0 Å². The highest BCUT2D eigenvalue weighted by atomic mass is 16.5. The van der Waals surface area contributed by atoms with Gasteiger partial charge in [0.2, 0.25) is 5.91 Å². The molecule has 244 valence electrons. The number of hydrogen-bond donors (Lipinski definition) is 7. The van der Waals surface area contributed by atoms with Crippen LogP contribution in [0.1, 0.15) is 68.9 Å². The van der Waals surface area contributed by atoms with E-state index >= 15 is 0 Å². The molecular weight excluding hydrogens is 586 g/mol. The fourth-order valence-electron chi connectivity index (χ4n) is 6.95. The van der Waals surface area contributed by atoms with E-state index < -0.39 is 87.9 Å². The molecule has 0 saturated heterocycles. The number of aliphatic hydroxyl groups excluding tert-OH is 1. The second kappa shape index (κ2) is 11.2. The molecule has 2 fully saturated rings. The van der Waals surface area contributed by atoms with Crippen LogP contribution >= 0.6 is 0 Å². The second-order valence-corrected chi connectivity index (χ2v) is 13.9.